The van der Waals surface area contributed by atoms with E-state index in [-0.39, 0.29) is 5.91 Å². The van der Waals surface area contributed by atoms with Gasteiger partial charge in [0.2, 0.25) is 0 Å². The Balaban J connectivity index is 2.27. The van der Waals surface area contributed by atoms with E-state index in [1.807, 2.05) is 41.8 Å². The predicted molar refractivity (Wildman–Crippen MR) is 89.6 cm³/mol. The summed E-state index contributed by atoms with van der Waals surface area (Å²) in [7, 11) is 0. The van der Waals surface area contributed by atoms with Crippen LogP contribution < -0.4 is 5.73 Å². The van der Waals surface area contributed by atoms with Gasteiger partial charge in [-0.2, -0.15) is 11.8 Å². The molecule has 112 valence electrons. The lowest BCUT2D eigenvalue weighted by Gasteiger charge is -2.32. The Morgan fingerprint density at radius 3 is 3.05 bits per heavy atom. The van der Waals surface area contributed by atoms with Crippen LogP contribution in [0.3, 0.4) is 0 Å². The molecular weight excluding hydrogens is 280 g/mol. The van der Waals surface area contributed by atoms with Crippen molar-refractivity contribution in [1.82, 2.24) is 4.90 Å². The molecule has 1 saturated heterocycles. The highest BCUT2D eigenvalue weighted by molar-refractivity contribution is 8.00. The van der Waals surface area contributed by atoms with Crippen molar-refractivity contribution in [2.75, 3.05) is 25.4 Å². The van der Waals surface area contributed by atoms with Crippen LogP contribution in [0.15, 0.2) is 18.2 Å². The number of hydrogen-bond donors (Lipinski definition) is 1. The van der Waals surface area contributed by atoms with E-state index in [9.17, 15) is 4.79 Å². The molecule has 0 radical (unpaired) electrons. The van der Waals surface area contributed by atoms with Crippen molar-refractivity contribution in [2.24, 2.45) is 5.73 Å². The van der Waals surface area contributed by atoms with Gasteiger partial charge in [0.15, 0.2) is 0 Å². The van der Waals surface area contributed by atoms with Crippen molar-refractivity contribution in [3.05, 3.63) is 34.9 Å². The number of thioether (sulfide) groups is 1. The van der Waals surface area contributed by atoms with Crippen LogP contribution in [0.5, 0.6) is 0 Å². The summed E-state index contributed by atoms with van der Waals surface area (Å²) >= 11 is 1.96. The van der Waals surface area contributed by atoms with Gasteiger partial charge in [0.05, 0.1) is 12.1 Å². The fraction of sp³-hybridized carbons (Fsp3) is 0.471. The Labute approximate surface area is 131 Å². The van der Waals surface area contributed by atoms with Crippen LogP contribution in [0.25, 0.3) is 0 Å². The fourth-order valence-electron chi connectivity index (χ4n) is 2.41. The summed E-state index contributed by atoms with van der Waals surface area (Å²) < 4.78 is 0. The molecule has 0 bridgehead atoms. The first-order valence-corrected chi connectivity index (χ1v) is 8.41. The van der Waals surface area contributed by atoms with E-state index in [2.05, 4.69) is 18.8 Å². The molecule has 2 N–H and O–H groups in total. The number of nitrogens with zero attached hydrogens (tertiary/aromatic N) is 1. The van der Waals surface area contributed by atoms with Crippen LogP contribution in [-0.2, 0) is 0 Å². The van der Waals surface area contributed by atoms with E-state index in [0.717, 1.165) is 36.4 Å². The summed E-state index contributed by atoms with van der Waals surface area (Å²) in [5, 5.41) is 0.547. The summed E-state index contributed by atoms with van der Waals surface area (Å²) in [6, 6.07) is 5.84. The third-order valence-corrected chi connectivity index (χ3v) is 4.98. The standard InChI is InChI=1S/C17H22N2OS/c1-3-15-12-19(9-10-21-15)17(20)16-11-13(2)6-7-14(16)5-4-8-18/h6-7,11,15H,3,8-10,12,18H2,1-2H3. The maximum atomic E-state index is 12.8. The average Bonchev–Trinajstić information content (AvgIpc) is 2.53. The molecule has 1 heterocycles. The molecule has 21 heavy (non-hydrogen) atoms. The second-order valence-electron chi connectivity index (χ2n) is 5.21. The molecule has 1 aliphatic rings. The van der Waals surface area contributed by atoms with E-state index in [4.69, 9.17) is 5.73 Å². The number of benzene rings is 1. The minimum atomic E-state index is 0.0961. The van der Waals surface area contributed by atoms with Crippen molar-refractivity contribution in [3.63, 3.8) is 0 Å². The van der Waals surface area contributed by atoms with Crippen molar-refractivity contribution in [3.8, 4) is 11.8 Å². The molecule has 1 amide bonds. The normalized spacial score (nSPS) is 18.0. The summed E-state index contributed by atoms with van der Waals surface area (Å²) in [6.07, 6.45) is 1.10. The van der Waals surface area contributed by atoms with E-state index in [1.165, 1.54) is 0 Å². The maximum Gasteiger partial charge on any atom is 0.255 e. The highest BCUT2D eigenvalue weighted by Gasteiger charge is 2.25. The topological polar surface area (TPSA) is 46.3 Å². The molecule has 1 fully saturated rings. The minimum Gasteiger partial charge on any atom is -0.337 e. The second-order valence-corrected chi connectivity index (χ2v) is 6.62. The van der Waals surface area contributed by atoms with Gasteiger partial charge in [-0.3, -0.25) is 4.79 Å². The van der Waals surface area contributed by atoms with E-state index < -0.39 is 0 Å². The molecule has 1 aromatic carbocycles. The van der Waals surface area contributed by atoms with E-state index in [0.29, 0.717) is 17.4 Å². The number of rotatable bonds is 2. The molecule has 1 unspecified atom stereocenters. The van der Waals surface area contributed by atoms with Gasteiger partial charge < -0.3 is 10.6 Å². The number of aryl methyl sites for hydroxylation is 1. The first kappa shape index (κ1) is 15.9. The first-order valence-electron chi connectivity index (χ1n) is 7.36. The van der Waals surface area contributed by atoms with Crippen LogP contribution in [0.4, 0.5) is 0 Å². The molecule has 1 aromatic rings. The molecule has 3 nitrogen and oxygen atoms in total. The van der Waals surface area contributed by atoms with E-state index >= 15 is 0 Å². The number of carbonyl (C=O) groups excluding carboxylic acids is 1. The molecule has 1 atom stereocenters. The van der Waals surface area contributed by atoms with Gasteiger partial charge in [-0.1, -0.05) is 30.4 Å². The molecule has 0 spiro atoms. The van der Waals surface area contributed by atoms with Crippen LogP contribution >= 0.6 is 11.8 Å². The number of amides is 1. The van der Waals surface area contributed by atoms with Gasteiger partial charge >= 0.3 is 0 Å². The zero-order chi connectivity index (χ0) is 15.2. The zero-order valence-electron chi connectivity index (χ0n) is 12.7. The lowest BCUT2D eigenvalue weighted by molar-refractivity contribution is 0.0760. The first-order chi connectivity index (χ1) is 10.2. The Morgan fingerprint density at radius 2 is 2.33 bits per heavy atom. The van der Waals surface area contributed by atoms with Gasteiger partial charge in [0.1, 0.15) is 0 Å². The summed E-state index contributed by atoms with van der Waals surface area (Å²) in [5.41, 5.74) is 8.00. The Kier molecular flexibility index (Phi) is 5.72. The van der Waals surface area contributed by atoms with E-state index in [1.54, 1.807) is 0 Å². The number of nitrogens with two attached hydrogens (primary N) is 1. The molecule has 4 heteroatoms. The highest BCUT2D eigenvalue weighted by atomic mass is 32.2. The summed E-state index contributed by atoms with van der Waals surface area (Å²) in [4.78, 5) is 14.8. The Bertz CT molecular complexity index is 574. The van der Waals surface area contributed by atoms with Crippen LogP contribution in [0.2, 0.25) is 0 Å². The monoisotopic (exact) mass is 302 g/mol. The average molecular weight is 302 g/mol. The third kappa shape index (κ3) is 4.03. The van der Waals surface area contributed by atoms with Crippen molar-refractivity contribution < 1.29 is 4.79 Å². The van der Waals surface area contributed by atoms with Crippen LogP contribution in [0, 0.1) is 18.8 Å². The quantitative estimate of drug-likeness (QED) is 0.853. The summed E-state index contributed by atoms with van der Waals surface area (Å²) in [6.45, 7) is 6.13. The van der Waals surface area contributed by atoms with Gasteiger partial charge in [0.25, 0.3) is 5.91 Å². The smallest absolute Gasteiger partial charge is 0.255 e. The lowest BCUT2D eigenvalue weighted by atomic mass is 10.0. The Hall–Kier alpha value is -1.44. The van der Waals surface area contributed by atoms with Gasteiger partial charge in [0, 0.05) is 29.7 Å². The molecule has 1 aliphatic heterocycles. The minimum absolute atomic E-state index is 0.0961. The SMILES string of the molecule is CCC1CN(C(=O)c2cc(C)ccc2C#CCN)CCS1. The van der Waals surface area contributed by atoms with Crippen molar-refractivity contribution in [1.29, 1.82) is 0 Å². The number of carbonyl (C=O) groups is 1. The lowest BCUT2D eigenvalue weighted by Crippen LogP contribution is -2.42. The van der Waals surface area contributed by atoms with Crippen LogP contribution in [0.1, 0.15) is 34.8 Å². The zero-order valence-corrected chi connectivity index (χ0v) is 13.5. The number of hydrogen-bond acceptors (Lipinski definition) is 3. The molecule has 2 rings (SSSR count). The second kappa shape index (κ2) is 7.53. The largest absolute Gasteiger partial charge is 0.337 e. The van der Waals surface area contributed by atoms with Crippen molar-refractivity contribution >= 4 is 17.7 Å². The maximum absolute atomic E-state index is 12.8. The molecule has 0 aromatic heterocycles. The Morgan fingerprint density at radius 1 is 1.52 bits per heavy atom. The predicted octanol–water partition coefficient (Wildman–Crippen LogP) is 2.27. The van der Waals surface area contributed by atoms with Gasteiger partial charge in [-0.25, -0.2) is 0 Å². The molecule has 0 saturated carbocycles. The summed E-state index contributed by atoms with van der Waals surface area (Å²) in [5.74, 6) is 6.97. The third-order valence-electron chi connectivity index (χ3n) is 3.61. The van der Waals surface area contributed by atoms with Crippen molar-refractivity contribution in [2.45, 2.75) is 25.5 Å². The van der Waals surface area contributed by atoms with Crippen LogP contribution in [-0.4, -0.2) is 41.4 Å². The van der Waals surface area contributed by atoms with Gasteiger partial charge in [-0.05, 0) is 25.5 Å². The molecule has 0 aliphatic carbocycles. The molecular formula is C17H22N2OS. The highest BCUT2D eigenvalue weighted by Crippen LogP contribution is 2.23. The fourth-order valence-corrected chi connectivity index (χ4v) is 3.59. The van der Waals surface area contributed by atoms with Gasteiger partial charge in [-0.15, -0.1) is 0 Å².